The number of carbonyl (C=O) groups excluding carboxylic acids is 2. The van der Waals surface area contributed by atoms with E-state index in [1.807, 2.05) is 6.92 Å². The number of rotatable bonds is 5. The molecule has 1 aliphatic rings. The second kappa shape index (κ2) is 7.13. The number of hydrogen-bond donors (Lipinski definition) is 2. The molecule has 0 heterocycles. The summed E-state index contributed by atoms with van der Waals surface area (Å²) in [5, 5.41) is 0.655. The van der Waals surface area contributed by atoms with E-state index < -0.39 is 0 Å². The highest BCUT2D eigenvalue weighted by Gasteiger charge is 2.10. The SMILES string of the molecule is Cc1cc(OCC(=O)NNC2=CC(=O)CCC2)ccc1Cl. The molecule has 21 heavy (non-hydrogen) atoms. The van der Waals surface area contributed by atoms with Crippen LogP contribution in [0.1, 0.15) is 24.8 Å². The third-order valence-electron chi connectivity index (χ3n) is 3.07. The van der Waals surface area contributed by atoms with Gasteiger partial charge in [-0.25, -0.2) is 0 Å². The van der Waals surface area contributed by atoms with Crippen LogP contribution in [-0.4, -0.2) is 18.3 Å². The van der Waals surface area contributed by atoms with Gasteiger partial charge >= 0.3 is 0 Å². The zero-order valence-electron chi connectivity index (χ0n) is 11.7. The van der Waals surface area contributed by atoms with E-state index in [-0.39, 0.29) is 18.3 Å². The van der Waals surface area contributed by atoms with Crippen LogP contribution in [0.4, 0.5) is 0 Å². The van der Waals surface area contributed by atoms with E-state index in [0.717, 1.165) is 24.1 Å². The van der Waals surface area contributed by atoms with Gasteiger partial charge in [0.15, 0.2) is 12.4 Å². The summed E-state index contributed by atoms with van der Waals surface area (Å²) < 4.78 is 5.37. The Morgan fingerprint density at radius 3 is 2.90 bits per heavy atom. The van der Waals surface area contributed by atoms with Crippen molar-refractivity contribution >= 4 is 23.3 Å². The van der Waals surface area contributed by atoms with Crippen molar-refractivity contribution in [2.75, 3.05) is 6.61 Å². The summed E-state index contributed by atoms with van der Waals surface area (Å²) in [6, 6.07) is 5.20. The molecule has 5 nitrogen and oxygen atoms in total. The van der Waals surface area contributed by atoms with E-state index in [1.54, 1.807) is 18.2 Å². The molecule has 0 radical (unpaired) electrons. The van der Waals surface area contributed by atoms with Crippen LogP contribution < -0.4 is 15.6 Å². The first-order valence-corrected chi connectivity index (χ1v) is 7.09. The minimum Gasteiger partial charge on any atom is -0.484 e. The predicted molar refractivity (Wildman–Crippen MR) is 79.9 cm³/mol. The Kier molecular flexibility index (Phi) is 5.22. The summed E-state index contributed by atoms with van der Waals surface area (Å²) in [5.41, 5.74) is 6.87. The fourth-order valence-corrected chi connectivity index (χ4v) is 2.05. The van der Waals surface area contributed by atoms with Crippen molar-refractivity contribution in [2.45, 2.75) is 26.2 Å². The summed E-state index contributed by atoms with van der Waals surface area (Å²) in [6.07, 6.45) is 3.64. The molecule has 2 N–H and O–H groups in total. The van der Waals surface area contributed by atoms with Crippen LogP contribution >= 0.6 is 11.6 Å². The lowest BCUT2D eigenvalue weighted by Gasteiger charge is -2.15. The van der Waals surface area contributed by atoms with Crippen molar-refractivity contribution in [3.8, 4) is 5.75 Å². The molecule has 6 heteroatoms. The molecule has 0 bridgehead atoms. The first-order chi connectivity index (χ1) is 10.0. The Morgan fingerprint density at radius 1 is 1.38 bits per heavy atom. The number of aryl methyl sites for hydroxylation is 1. The van der Waals surface area contributed by atoms with Gasteiger partial charge in [-0.1, -0.05) is 11.6 Å². The van der Waals surface area contributed by atoms with E-state index in [0.29, 0.717) is 17.2 Å². The van der Waals surface area contributed by atoms with Gasteiger partial charge in [0.1, 0.15) is 5.75 Å². The number of nitrogens with one attached hydrogen (secondary N) is 2. The Labute approximate surface area is 128 Å². The second-order valence-electron chi connectivity index (χ2n) is 4.86. The molecule has 1 amide bonds. The number of amides is 1. The maximum atomic E-state index is 11.7. The number of hydrogen-bond acceptors (Lipinski definition) is 4. The molecule has 1 aromatic carbocycles. The number of halogens is 1. The zero-order chi connectivity index (χ0) is 15.2. The van der Waals surface area contributed by atoms with Gasteiger partial charge in [0.25, 0.3) is 5.91 Å². The highest BCUT2D eigenvalue weighted by molar-refractivity contribution is 6.31. The summed E-state index contributed by atoms with van der Waals surface area (Å²) in [5.74, 6) is 0.339. The first-order valence-electron chi connectivity index (χ1n) is 6.72. The molecule has 0 unspecified atom stereocenters. The molecule has 0 aromatic heterocycles. The van der Waals surface area contributed by atoms with Crippen LogP contribution in [0.2, 0.25) is 5.02 Å². The lowest BCUT2D eigenvalue weighted by Crippen LogP contribution is -2.40. The van der Waals surface area contributed by atoms with Gasteiger partial charge in [-0.15, -0.1) is 0 Å². The molecule has 0 saturated carbocycles. The molecule has 0 spiro atoms. The number of allylic oxidation sites excluding steroid dienone is 2. The maximum absolute atomic E-state index is 11.7. The molecule has 1 aliphatic carbocycles. The minimum absolute atomic E-state index is 0.0749. The average Bonchev–Trinajstić information content (AvgIpc) is 2.46. The van der Waals surface area contributed by atoms with Crippen LogP contribution in [0.15, 0.2) is 30.0 Å². The van der Waals surface area contributed by atoms with Gasteiger partial charge in [-0.3, -0.25) is 15.0 Å². The fourth-order valence-electron chi connectivity index (χ4n) is 1.93. The van der Waals surface area contributed by atoms with Crippen molar-refractivity contribution in [3.05, 3.63) is 40.6 Å². The van der Waals surface area contributed by atoms with Crippen LogP contribution in [0.25, 0.3) is 0 Å². The summed E-state index contributed by atoms with van der Waals surface area (Å²) >= 11 is 5.91. The molecule has 0 fully saturated rings. The maximum Gasteiger partial charge on any atom is 0.276 e. The third kappa shape index (κ3) is 4.79. The van der Waals surface area contributed by atoms with Gasteiger partial charge in [0.05, 0.1) is 0 Å². The molecular formula is C15H17ClN2O3. The number of benzene rings is 1. The lowest BCUT2D eigenvalue weighted by molar-refractivity contribution is -0.124. The molecule has 112 valence electrons. The topological polar surface area (TPSA) is 67.4 Å². The Morgan fingerprint density at radius 2 is 2.19 bits per heavy atom. The van der Waals surface area contributed by atoms with Gasteiger partial charge in [0, 0.05) is 23.2 Å². The second-order valence-corrected chi connectivity index (χ2v) is 5.27. The number of ketones is 1. The van der Waals surface area contributed by atoms with Gasteiger partial charge in [0.2, 0.25) is 0 Å². The first kappa shape index (κ1) is 15.4. The van der Waals surface area contributed by atoms with Gasteiger partial charge < -0.3 is 10.2 Å². The van der Waals surface area contributed by atoms with Crippen LogP contribution in [0.3, 0.4) is 0 Å². The van der Waals surface area contributed by atoms with Gasteiger partial charge in [-0.05, 0) is 43.5 Å². The number of hydrazine groups is 1. The molecule has 0 atom stereocenters. The number of ether oxygens (including phenoxy) is 1. The van der Waals surface area contributed by atoms with E-state index in [1.165, 1.54) is 6.08 Å². The van der Waals surface area contributed by atoms with E-state index in [4.69, 9.17) is 16.3 Å². The van der Waals surface area contributed by atoms with E-state index in [2.05, 4.69) is 10.9 Å². The van der Waals surface area contributed by atoms with Crippen LogP contribution in [-0.2, 0) is 9.59 Å². The normalized spacial score (nSPS) is 14.4. The predicted octanol–water partition coefficient (Wildman–Crippen LogP) is 2.28. The number of carbonyl (C=O) groups is 2. The average molecular weight is 309 g/mol. The molecule has 0 aliphatic heterocycles. The lowest BCUT2D eigenvalue weighted by atomic mass is 10.0. The highest BCUT2D eigenvalue weighted by Crippen LogP contribution is 2.20. The van der Waals surface area contributed by atoms with Crippen molar-refractivity contribution in [3.63, 3.8) is 0 Å². The Bertz CT molecular complexity index is 584. The smallest absolute Gasteiger partial charge is 0.276 e. The van der Waals surface area contributed by atoms with Crippen molar-refractivity contribution in [2.24, 2.45) is 0 Å². The van der Waals surface area contributed by atoms with Crippen molar-refractivity contribution in [1.29, 1.82) is 0 Å². The highest BCUT2D eigenvalue weighted by atomic mass is 35.5. The Balaban J connectivity index is 1.77. The molecule has 2 rings (SSSR count). The fraction of sp³-hybridized carbons (Fsp3) is 0.333. The standard InChI is InChI=1S/C15H17ClN2O3/c1-10-7-13(5-6-14(10)16)21-9-15(20)18-17-11-3-2-4-12(19)8-11/h5-8,17H,2-4,9H2,1H3,(H,18,20). The largest absolute Gasteiger partial charge is 0.484 e. The zero-order valence-corrected chi connectivity index (χ0v) is 12.5. The monoisotopic (exact) mass is 308 g/mol. The van der Waals surface area contributed by atoms with Crippen molar-refractivity contribution < 1.29 is 14.3 Å². The molecule has 0 saturated heterocycles. The van der Waals surface area contributed by atoms with Crippen LogP contribution in [0, 0.1) is 6.92 Å². The van der Waals surface area contributed by atoms with Crippen molar-refractivity contribution in [1.82, 2.24) is 10.9 Å². The molecule has 1 aromatic rings. The van der Waals surface area contributed by atoms with E-state index in [9.17, 15) is 9.59 Å². The van der Waals surface area contributed by atoms with Crippen LogP contribution in [0.5, 0.6) is 5.75 Å². The minimum atomic E-state index is -0.318. The Hall–Kier alpha value is -2.01. The van der Waals surface area contributed by atoms with E-state index >= 15 is 0 Å². The quantitative estimate of drug-likeness (QED) is 0.819. The summed E-state index contributed by atoms with van der Waals surface area (Å²) in [7, 11) is 0. The molecular weight excluding hydrogens is 292 g/mol. The summed E-state index contributed by atoms with van der Waals surface area (Å²) in [6.45, 7) is 1.75. The third-order valence-corrected chi connectivity index (χ3v) is 3.49. The summed E-state index contributed by atoms with van der Waals surface area (Å²) in [4.78, 5) is 22.9. The van der Waals surface area contributed by atoms with Gasteiger partial charge in [-0.2, -0.15) is 0 Å².